The van der Waals surface area contributed by atoms with Gasteiger partial charge in [0.05, 0.1) is 12.9 Å². The Balaban J connectivity index is 2.58. The van der Waals surface area contributed by atoms with E-state index < -0.39 is 0 Å². The van der Waals surface area contributed by atoms with Gasteiger partial charge in [0.2, 0.25) is 5.78 Å². The van der Waals surface area contributed by atoms with Crippen molar-refractivity contribution in [3.8, 4) is 0 Å². The van der Waals surface area contributed by atoms with Crippen molar-refractivity contribution in [1.82, 2.24) is 0 Å². The molecule has 70 valence electrons. The first-order chi connectivity index (χ1) is 6.24. The van der Waals surface area contributed by atoms with Crippen LogP contribution in [0.2, 0.25) is 0 Å². The van der Waals surface area contributed by atoms with Crippen molar-refractivity contribution in [2.24, 2.45) is 0 Å². The second-order valence-corrected chi connectivity index (χ2v) is 3.01. The number of carbonyl (C=O) groups excluding carboxylic acids is 1. The van der Waals surface area contributed by atoms with Crippen LogP contribution in [0, 0.1) is 0 Å². The van der Waals surface area contributed by atoms with E-state index in [9.17, 15) is 4.79 Å². The van der Waals surface area contributed by atoms with Gasteiger partial charge in [-0.25, -0.2) is 0 Å². The van der Waals surface area contributed by atoms with Crippen molar-refractivity contribution in [2.75, 3.05) is 6.61 Å². The zero-order chi connectivity index (χ0) is 9.68. The number of carbonyl (C=O) groups is 1. The summed E-state index contributed by atoms with van der Waals surface area (Å²) in [5, 5.41) is 0. The minimum Gasteiger partial charge on any atom is -0.501 e. The topological polar surface area (TPSA) is 39.4 Å². The quantitative estimate of drug-likeness (QED) is 0.465. The van der Waals surface area contributed by atoms with Gasteiger partial charge in [-0.05, 0) is 35.0 Å². The molecule has 0 saturated carbocycles. The summed E-state index contributed by atoms with van der Waals surface area (Å²) < 4.78 is 10.5. The molecule has 0 unspecified atom stereocenters. The molecule has 0 amide bonds. The third kappa shape index (κ3) is 3.06. The Hall–Kier alpha value is -1.03. The number of rotatable bonds is 4. The van der Waals surface area contributed by atoms with Crippen LogP contribution < -0.4 is 0 Å². The average molecular weight is 245 g/mol. The highest BCUT2D eigenvalue weighted by atomic mass is 79.9. The normalized spacial score (nSPS) is 10.6. The molecule has 0 N–H and O–H groups in total. The molecule has 1 heterocycles. The minimum absolute atomic E-state index is 0.209. The summed E-state index contributed by atoms with van der Waals surface area (Å²) >= 11 is 3.11. The first-order valence-electron chi connectivity index (χ1n) is 3.82. The molecule has 1 aromatic rings. The van der Waals surface area contributed by atoms with E-state index in [0.29, 0.717) is 17.0 Å². The van der Waals surface area contributed by atoms with Crippen molar-refractivity contribution in [3.63, 3.8) is 0 Å². The van der Waals surface area contributed by atoms with E-state index in [2.05, 4.69) is 15.9 Å². The molecule has 0 saturated heterocycles. The first kappa shape index (κ1) is 10.1. The minimum atomic E-state index is -0.209. The van der Waals surface area contributed by atoms with Crippen molar-refractivity contribution < 1.29 is 13.9 Å². The Bertz CT molecular complexity index is 314. The summed E-state index contributed by atoms with van der Waals surface area (Å²) in [6, 6.07) is 3.27. The van der Waals surface area contributed by atoms with E-state index in [1.807, 2.05) is 6.92 Å². The van der Waals surface area contributed by atoms with Crippen LogP contribution in [-0.4, -0.2) is 12.4 Å². The standard InChI is InChI=1S/C9H9BrO3/c1-2-12-6-5-7(11)8-3-4-9(10)13-8/h3-6H,2H2,1H3/b6-5+. The Kier molecular flexibility index (Phi) is 3.76. The monoisotopic (exact) mass is 244 g/mol. The predicted molar refractivity (Wildman–Crippen MR) is 51.5 cm³/mol. The van der Waals surface area contributed by atoms with Gasteiger partial charge in [-0.2, -0.15) is 0 Å². The van der Waals surface area contributed by atoms with Gasteiger partial charge < -0.3 is 9.15 Å². The lowest BCUT2D eigenvalue weighted by Gasteiger charge is -1.91. The van der Waals surface area contributed by atoms with Crippen LogP contribution >= 0.6 is 15.9 Å². The van der Waals surface area contributed by atoms with Crippen LogP contribution in [-0.2, 0) is 4.74 Å². The summed E-state index contributed by atoms with van der Waals surface area (Å²) in [7, 11) is 0. The van der Waals surface area contributed by atoms with E-state index in [-0.39, 0.29) is 5.78 Å². The molecule has 0 radical (unpaired) electrons. The van der Waals surface area contributed by atoms with Crippen molar-refractivity contribution in [2.45, 2.75) is 6.92 Å². The maximum atomic E-state index is 11.3. The smallest absolute Gasteiger partial charge is 0.224 e. The first-order valence-corrected chi connectivity index (χ1v) is 4.61. The van der Waals surface area contributed by atoms with Crippen LogP contribution in [0.1, 0.15) is 17.5 Å². The molecule has 4 heteroatoms. The van der Waals surface area contributed by atoms with Crippen molar-refractivity contribution in [1.29, 1.82) is 0 Å². The highest BCUT2D eigenvalue weighted by molar-refractivity contribution is 9.10. The summed E-state index contributed by atoms with van der Waals surface area (Å²) in [6.45, 7) is 2.39. The second kappa shape index (κ2) is 4.87. The molecule has 0 atom stereocenters. The average Bonchev–Trinajstić information content (AvgIpc) is 2.52. The van der Waals surface area contributed by atoms with E-state index in [1.165, 1.54) is 12.3 Å². The molecule has 0 aliphatic rings. The Labute approximate surface area is 84.5 Å². The van der Waals surface area contributed by atoms with Gasteiger partial charge >= 0.3 is 0 Å². The summed E-state index contributed by atoms with van der Waals surface area (Å²) in [6.07, 6.45) is 2.69. The van der Waals surface area contributed by atoms with E-state index in [4.69, 9.17) is 9.15 Å². The van der Waals surface area contributed by atoms with Gasteiger partial charge in [-0.3, -0.25) is 4.79 Å². The van der Waals surface area contributed by atoms with Gasteiger partial charge in [0.25, 0.3) is 0 Å². The number of halogens is 1. The lowest BCUT2D eigenvalue weighted by Crippen LogP contribution is -1.91. The number of ether oxygens (including phenoxy) is 1. The Morgan fingerprint density at radius 3 is 3.00 bits per heavy atom. The molecule has 13 heavy (non-hydrogen) atoms. The summed E-state index contributed by atoms with van der Waals surface area (Å²) in [5.74, 6) is 0.0852. The SMILES string of the molecule is CCO/C=C/C(=O)c1ccc(Br)o1. The number of hydrogen-bond acceptors (Lipinski definition) is 3. The van der Waals surface area contributed by atoms with Crippen LogP contribution in [0.25, 0.3) is 0 Å². The zero-order valence-electron chi connectivity index (χ0n) is 7.12. The second-order valence-electron chi connectivity index (χ2n) is 2.23. The molecule has 1 aromatic heterocycles. The number of furan rings is 1. The Morgan fingerprint density at radius 2 is 2.46 bits per heavy atom. The maximum Gasteiger partial charge on any atom is 0.224 e. The predicted octanol–water partition coefficient (Wildman–Crippen LogP) is 2.78. The highest BCUT2D eigenvalue weighted by Gasteiger charge is 2.06. The summed E-state index contributed by atoms with van der Waals surface area (Å²) in [5.41, 5.74) is 0. The van der Waals surface area contributed by atoms with Crippen molar-refractivity contribution in [3.05, 3.63) is 34.9 Å². The zero-order valence-corrected chi connectivity index (χ0v) is 8.71. The molecule has 0 spiro atoms. The fraction of sp³-hybridized carbons (Fsp3) is 0.222. The van der Waals surface area contributed by atoms with Gasteiger partial charge in [-0.15, -0.1) is 0 Å². The molecule has 0 bridgehead atoms. The van der Waals surface area contributed by atoms with Crippen LogP contribution in [0.15, 0.2) is 33.6 Å². The van der Waals surface area contributed by atoms with Crippen molar-refractivity contribution >= 4 is 21.7 Å². The van der Waals surface area contributed by atoms with Crippen LogP contribution in [0.3, 0.4) is 0 Å². The molecule has 0 aliphatic heterocycles. The van der Waals surface area contributed by atoms with Gasteiger partial charge in [-0.1, -0.05) is 0 Å². The molecule has 0 fully saturated rings. The molecule has 0 aliphatic carbocycles. The third-order valence-electron chi connectivity index (χ3n) is 1.30. The fourth-order valence-electron chi connectivity index (χ4n) is 0.735. The number of ketones is 1. The number of hydrogen-bond donors (Lipinski definition) is 0. The molecular formula is C9H9BrO3. The molecular weight excluding hydrogens is 236 g/mol. The van der Waals surface area contributed by atoms with Crippen LogP contribution in [0.4, 0.5) is 0 Å². The van der Waals surface area contributed by atoms with Gasteiger partial charge in [0.1, 0.15) is 0 Å². The number of allylic oxidation sites excluding steroid dienone is 1. The third-order valence-corrected chi connectivity index (χ3v) is 1.72. The lowest BCUT2D eigenvalue weighted by molar-refractivity contribution is 0.101. The van der Waals surface area contributed by atoms with Gasteiger partial charge in [0.15, 0.2) is 10.4 Å². The maximum absolute atomic E-state index is 11.3. The lowest BCUT2D eigenvalue weighted by atomic mass is 10.3. The Morgan fingerprint density at radius 1 is 1.69 bits per heavy atom. The molecule has 0 aromatic carbocycles. The van der Waals surface area contributed by atoms with Crippen LogP contribution in [0.5, 0.6) is 0 Å². The molecule has 1 rings (SSSR count). The molecule has 3 nitrogen and oxygen atoms in total. The van der Waals surface area contributed by atoms with E-state index in [1.54, 1.807) is 12.1 Å². The largest absolute Gasteiger partial charge is 0.501 e. The van der Waals surface area contributed by atoms with E-state index >= 15 is 0 Å². The van der Waals surface area contributed by atoms with Gasteiger partial charge in [0, 0.05) is 6.08 Å². The highest BCUT2D eigenvalue weighted by Crippen LogP contribution is 2.14. The fourth-order valence-corrected chi connectivity index (χ4v) is 1.04. The van der Waals surface area contributed by atoms with E-state index in [0.717, 1.165) is 0 Å². The summed E-state index contributed by atoms with van der Waals surface area (Å²) in [4.78, 5) is 11.3.